The predicted octanol–water partition coefficient (Wildman–Crippen LogP) is 2.08. The van der Waals surface area contributed by atoms with Crippen LogP contribution in [0.5, 0.6) is 5.75 Å². The number of rotatable bonds is 5. The van der Waals surface area contributed by atoms with E-state index < -0.39 is 10.0 Å². The lowest BCUT2D eigenvalue weighted by Crippen LogP contribution is -2.42. The van der Waals surface area contributed by atoms with Crippen LogP contribution >= 0.6 is 15.9 Å². The molecule has 0 aliphatic carbocycles. The fraction of sp³-hybridized carbons (Fsp3) is 0.571. The van der Waals surface area contributed by atoms with Crippen molar-refractivity contribution in [1.82, 2.24) is 9.62 Å². The highest BCUT2D eigenvalue weighted by atomic mass is 79.9. The van der Waals surface area contributed by atoms with E-state index in [1.54, 1.807) is 22.5 Å². The van der Waals surface area contributed by atoms with E-state index in [0.717, 1.165) is 23.9 Å². The molecular weight excluding hydrogens is 356 g/mol. The number of nitrogens with one attached hydrogen (secondary N) is 1. The first kappa shape index (κ1) is 16.7. The van der Waals surface area contributed by atoms with Gasteiger partial charge in [0.1, 0.15) is 5.75 Å². The highest BCUT2D eigenvalue weighted by Crippen LogP contribution is 2.30. The van der Waals surface area contributed by atoms with Crippen LogP contribution in [0, 0.1) is 5.92 Å². The zero-order valence-corrected chi connectivity index (χ0v) is 14.7. The molecule has 2 rings (SSSR count). The highest BCUT2D eigenvalue weighted by molar-refractivity contribution is 9.10. The van der Waals surface area contributed by atoms with Gasteiger partial charge in [-0.2, -0.15) is 4.31 Å². The molecule has 0 radical (unpaired) electrons. The third-order valence-electron chi connectivity index (χ3n) is 3.73. The number of halogens is 1. The summed E-state index contributed by atoms with van der Waals surface area (Å²) < 4.78 is 33.0. The highest BCUT2D eigenvalue weighted by Gasteiger charge is 2.30. The lowest BCUT2D eigenvalue weighted by atomic mass is 10.00. The van der Waals surface area contributed by atoms with Crippen molar-refractivity contribution in [3.05, 3.63) is 22.7 Å². The minimum atomic E-state index is -3.46. The van der Waals surface area contributed by atoms with Crippen LogP contribution in [0.1, 0.15) is 12.8 Å². The number of sulfonamides is 1. The van der Waals surface area contributed by atoms with Crippen LogP contribution in [0.15, 0.2) is 27.6 Å². The number of ether oxygens (including phenoxy) is 1. The van der Waals surface area contributed by atoms with E-state index >= 15 is 0 Å². The quantitative estimate of drug-likeness (QED) is 0.854. The second kappa shape index (κ2) is 7.09. The van der Waals surface area contributed by atoms with E-state index in [2.05, 4.69) is 21.2 Å². The Morgan fingerprint density at radius 3 is 2.90 bits per heavy atom. The molecule has 1 aromatic rings. The molecule has 0 unspecified atom stereocenters. The molecule has 7 heteroatoms. The lowest BCUT2D eigenvalue weighted by Gasteiger charge is -2.31. The van der Waals surface area contributed by atoms with Crippen LogP contribution in [0.3, 0.4) is 0 Å². The maximum absolute atomic E-state index is 12.8. The normalized spacial score (nSPS) is 20.4. The summed E-state index contributed by atoms with van der Waals surface area (Å²) in [6, 6.07) is 4.89. The van der Waals surface area contributed by atoms with Crippen molar-refractivity contribution < 1.29 is 13.2 Å². The van der Waals surface area contributed by atoms with E-state index in [1.807, 2.05) is 7.05 Å². The van der Waals surface area contributed by atoms with Crippen LogP contribution in [-0.4, -0.2) is 46.5 Å². The second-order valence-electron chi connectivity index (χ2n) is 5.23. The molecule has 0 bridgehead atoms. The first-order chi connectivity index (χ1) is 9.98. The Balaban J connectivity index is 2.25. The third kappa shape index (κ3) is 3.77. The minimum Gasteiger partial charge on any atom is -0.496 e. The molecule has 0 spiro atoms. The van der Waals surface area contributed by atoms with E-state index in [4.69, 9.17) is 4.74 Å². The van der Waals surface area contributed by atoms with Gasteiger partial charge in [-0.1, -0.05) is 0 Å². The predicted molar refractivity (Wildman–Crippen MR) is 86.1 cm³/mol. The average molecular weight is 377 g/mol. The molecule has 0 amide bonds. The number of nitrogens with zero attached hydrogens (tertiary/aromatic N) is 1. The molecule has 21 heavy (non-hydrogen) atoms. The zero-order valence-electron chi connectivity index (χ0n) is 12.3. The molecule has 1 aliphatic rings. The number of benzene rings is 1. The van der Waals surface area contributed by atoms with E-state index in [9.17, 15) is 8.42 Å². The molecule has 0 saturated carbocycles. The Bertz CT molecular complexity index is 590. The Kier molecular flexibility index (Phi) is 5.65. The summed E-state index contributed by atoms with van der Waals surface area (Å²) in [6.07, 6.45) is 1.97. The summed E-state index contributed by atoms with van der Waals surface area (Å²) in [5.41, 5.74) is 0. The molecule has 1 aromatic carbocycles. The molecule has 1 heterocycles. The summed E-state index contributed by atoms with van der Waals surface area (Å²) in [5, 5.41) is 3.13. The van der Waals surface area contributed by atoms with Gasteiger partial charge in [0.05, 0.1) is 16.5 Å². The topological polar surface area (TPSA) is 58.6 Å². The van der Waals surface area contributed by atoms with Gasteiger partial charge in [0.25, 0.3) is 0 Å². The fourth-order valence-corrected chi connectivity index (χ4v) is 4.63. The van der Waals surface area contributed by atoms with Gasteiger partial charge in [0, 0.05) is 19.2 Å². The number of hydrogen-bond acceptors (Lipinski definition) is 4. The molecule has 5 nitrogen and oxygen atoms in total. The van der Waals surface area contributed by atoms with Crippen molar-refractivity contribution >= 4 is 26.0 Å². The molecule has 1 fully saturated rings. The van der Waals surface area contributed by atoms with Crippen LogP contribution < -0.4 is 10.1 Å². The van der Waals surface area contributed by atoms with Gasteiger partial charge < -0.3 is 10.1 Å². The smallest absolute Gasteiger partial charge is 0.243 e. The van der Waals surface area contributed by atoms with Crippen LogP contribution in [0.4, 0.5) is 0 Å². The van der Waals surface area contributed by atoms with E-state index in [0.29, 0.717) is 24.8 Å². The van der Waals surface area contributed by atoms with Gasteiger partial charge in [-0.15, -0.1) is 0 Å². The maximum Gasteiger partial charge on any atom is 0.243 e. The lowest BCUT2D eigenvalue weighted by molar-refractivity contribution is 0.263. The Morgan fingerprint density at radius 1 is 1.48 bits per heavy atom. The van der Waals surface area contributed by atoms with E-state index in [1.165, 1.54) is 7.11 Å². The average Bonchev–Trinajstić information content (AvgIpc) is 2.48. The summed E-state index contributed by atoms with van der Waals surface area (Å²) in [6.45, 7) is 2.00. The van der Waals surface area contributed by atoms with Gasteiger partial charge in [-0.05, 0) is 60.4 Å². The first-order valence-electron chi connectivity index (χ1n) is 6.97. The zero-order chi connectivity index (χ0) is 15.5. The summed E-state index contributed by atoms with van der Waals surface area (Å²) in [4.78, 5) is 0.285. The molecule has 0 aromatic heterocycles. The van der Waals surface area contributed by atoms with Crippen molar-refractivity contribution in [2.45, 2.75) is 17.7 Å². The molecule has 1 N–H and O–H groups in total. The maximum atomic E-state index is 12.8. The van der Waals surface area contributed by atoms with Crippen LogP contribution in [0.25, 0.3) is 0 Å². The Labute approximate surface area is 134 Å². The Hall–Kier alpha value is -0.630. The molecule has 118 valence electrons. The van der Waals surface area contributed by atoms with E-state index in [-0.39, 0.29) is 4.90 Å². The third-order valence-corrected chi connectivity index (χ3v) is 6.25. The van der Waals surface area contributed by atoms with Gasteiger partial charge in [-0.3, -0.25) is 0 Å². The monoisotopic (exact) mass is 376 g/mol. The van der Waals surface area contributed by atoms with Gasteiger partial charge in [-0.25, -0.2) is 8.42 Å². The van der Waals surface area contributed by atoms with Crippen LogP contribution in [0.2, 0.25) is 0 Å². The standard InChI is InChI=1S/C14H21BrN2O3S/c1-16-9-11-4-3-7-17(10-11)21(18,19)12-5-6-13(15)14(8-12)20-2/h5-6,8,11,16H,3-4,7,9-10H2,1-2H3/t11-/m0/s1. The van der Waals surface area contributed by atoms with Crippen molar-refractivity contribution in [1.29, 1.82) is 0 Å². The number of piperidine rings is 1. The largest absolute Gasteiger partial charge is 0.496 e. The van der Waals surface area contributed by atoms with Gasteiger partial charge >= 0.3 is 0 Å². The van der Waals surface area contributed by atoms with Gasteiger partial charge in [0.15, 0.2) is 0 Å². The van der Waals surface area contributed by atoms with Gasteiger partial charge in [0.2, 0.25) is 10.0 Å². The van der Waals surface area contributed by atoms with Crippen molar-refractivity contribution in [3.8, 4) is 5.75 Å². The number of hydrogen-bond donors (Lipinski definition) is 1. The molecular formula is C14H21BrN2O3S. The summed E-state index contributed by atoms with van der Waals surface area (Å²) in [5.74, 6) is 0.899. The molecule has 1 atom stereocenters. The van der Waals surface area contributed by atoms with Crippen molar-refractivity contribution in [2.24, 2.45) is 5.92 Å². The fourth-order valence-electron chi connectivity index (χ4n) is 2.65. The summed E-state index contributed by atoms with van der Waals surface area (Å²) >= 11 is 3.34. The van der Waals surface area contributed by atoms with Crippen LogP contribution in [-0.2, 0) is 10.0 Å². The Morgan fingerprint density at radius 2 is 2.24 bits per heavy atom. The van der Waals surface area contributed by atoms with Crippen molar-refractivity contribution in [3.63, 3.8) is 0 Å². The van der Waals surface area contributed by atoms with Crippen molar-refractivity contribution in [2.75, 3.05) is 33.8 Å². The second-order valence-corrected chi connectivity index (χ2v) is 8.02. The molecule has 1 saturated heterocycles. The first-order valence-corrected chi connectivity index (χ1v) is 9.20. The number of methoxy groups -OCH3 is 1. The SMILES string of the molecule is CNC[C@@H]1CCCN(S(=O)(=O)c2ccc(Br)c(OC)c2)C1. The molecule has 1 aliphatic heterocycles. The summed E-state index contributed by atoms with van der Waals surface area (Å²) in [7, 11) is -0.0339. The minimum absolute atomic E-state index is 0.285.